The van der Waals surface area contributed by atoms with Crippen LogP contribution in [0.4, 0.5) is 5.69 Å². The van der Waals surface area contributed by atoms with E-state index in [0.29, 0.717) is 12.8 Å². The number of carbonyl (C=O) groups is 3. The van der Waals surface area contributed by atoms with Gasteiger partial charge in [-0.05, 0) is 25.0 Å². The van der Waals surface area contributed by atoms with E-state index in [-0.39, 0.29) is 11.3 Å². The summed E-state index contributed by atoms with van der Waals surface area (Å²) < 4.78 is 5.54. The summed E-state index contributed by atoms with van der Waals surface area (Å²) in [6.07, 6.45) is 0.431. The lowest BCUT2D eigenvalue weighted by atomic mass is 9.78. The summed E-state index contributed by atoms with van der Waals surface area (Å²) in [5.74, 6) is -4.39. The maximum Gasteiger partial charge on any atom is 0.337 e. The molecule has 2 fully saturated rings. The first-order chi connectivity index (χ1) is 10.5. The van der Waals surface area contributed by atoms with Crippen molar-refractivity contribution in [3.63, 3.8) is 0 Å². The minimum atomic E-state index is -1.16. The Morgan fingerprint density at radius 1 is 1.05 bits per heavy atom. The number of nitrogens with one attached hydrogen (secondary N) is 1. The minimum absolute atomic E-state index is 0.0354. The molecule has 7 nitrogen and oxygen atoms in total. The van der Waals surface area contributed by atoms with Crippen molar-refractivity contribution < 1.29 is 29.3 Å². The van der Waals surface area contributed by atoms with Gasteiger partial charge in [0.15, 0.2) is 0 Å². The number of hydrogen-bond acceptors (Lipinski definition) is 4. The lowest BCUT2D eigenvalue weighted by Gasteiger charge is -2.24. The van der Waals surface area contributed by atoms with E-state index >= 15 is 0 Å². The van der Waals surface area contributed by atoms with Gasteiger partial charge >= 0.3 is 11.9 Å². The second-order valence-electron chi connectivity index (χ2n) is 5.52. The van der Waals surface area contributed by atoms with E-state index in [0.717, 1.165) is 0 Å². The van der Waals surface area contributed by atoms with E-state index < -0.39 is 41.9 Å². The van der Waals surface area contributed by atoms with E-state index in [9.17, 15) is 19.5 Å². The van der Waals surface area contributed by atoms with E-state index in [1.807, 2.05) is 0 Å². The number of aromatic carboxylic acids is 1. The van der Waals surface area contributed by atoms with Gasteiger partial charge in [0.25, 0.3) is 0 Å². The Kier molecular flexibility index (Phi) is 3.58. The lowest BCUT2D eigenvalue weighted by molar-refractivity contribution is -0.147. The first kappa shape index (κ1) is 14.5. The molecule has 116 valence electrons. The van der Waals surface area contributed by atoms with Gasteiger partial charge in [-0.1, -0.05) is 12.1 Å². The van der Waals surface area contributed by atoms with Crippen LogP contribution in [-0.4, -0.2) is 40.3 Å². The van der Waals surface area contributed by atoms with Gasteiger partial charge in [0, 0.05) is 0 Å². The number of carboxylic acids is 2. The molecule has 2 saturated heterocycles. The molecule has 2 bridgehead atoms. The third kappa shape index (κ3) is 2.33. The fourth-order valence-electron chi connectivity index (χ4n) is 3.32. The topological polar surface area (TPSA) is 113 Å². The van der Waals surface area contributed by atoms with Crippen LogP contribution in [-0.2, 0) is 14.3 Å². The highest BCUT2D eigenvalue weighted by molar-refractivity contribution is 6.02. The third-order valence-electron chi connectivity index (χ3n) is 4.28. The molecule has 0 saturated carbocycles. The van der Waals surface area contributed by atoms with Crippen LogP contribution in [0.5, 0.6) is 0 Å². The normalized spacial score (nSPS) is 29.3. The Hall–Kier alpha value is -2.41. The van der Waals surface area contributed by atoms with Crippen molar-refractivity contribution in [1.82, 2.24) is 0 Å². The Morgan fingerprint density at radius 2 is 1.68 bits per heavy atom. The van der Waals surface area contributed by atoms with Crippen molar-refractivity contribution in [3.05, 3.63) is 29.8 Å². The van der Waals surface area contributed by atoms with Gasteiger partial charge in [-0.3, -0.25) is 9.59 Å². The molecule has 0 aromatic heterocycles. The molecule has 22 heavy (non-hydrogen) atoms. The molecule has 2 heterocycles. The highest BCUT2D eigenvalue weighted by Gasteiger charge is 2.55. The Morgan fingerprint density at radius 3 is 2.32 bits per heavy atom. The van der Waals surface area contributed by atoms with Gasteiger partial charge in [0.1, 0.15) is 0 Å². The maximum absolute atomic E-state index is 12.4. The van der Waals surface area contributed by atoms with Crippen LogP contribution in [0.1, 0.15) is 23.2 Å². The second-order valence-corrected chi connectivity index (χ2v) is 5.52. The number of rotatable bonds is 4. The summed E-state index contributed by atoms with van der Waals surface area (Å²) >= 11 is 0. The van der Waals surface area contributed by atoms with Crippen LogP contribution in [0.25, 0.3) is 0 Å². The van der Waals surface area contributed by atoms with Gasteiger partial charge in [0.05, 0.1) is 35.3 Å². The summed E-state index contributed by atoms with van der Waals surface area (Å²) in [6, 6.07) is 6.02. The van der Waals surface area contributed by atoms with Crippen molar-refractivity contribution >= 4 is 23.5 Å². The van der Waals surface area contributed by atoms with Crippen LogP contribution in [0, 0.1) is 11.8 Å². The van der Waals surface area contributed by atoms with Gasteiger partial charge in [-0.15, -0.1) is 0 Å². The molecule has 0 aliphatic carbocycles. The summed E-state index contributed by atoms with van der Waals surface area (Å²) in [5, 5.41) is 21.0. The highest BCUT2D eigenvalue weighted by Crippen LogP contribution is 2.44. The fourth-order valence-corrected chi connectivity index (χ4v) is 3.32. The predicted octanol–water partition coefficient (Wildman–Crippen LogP) is 1.20. The number of aliphatic carboxylic acids is 1. The average molecular weight is 305 g/mol. The molecule has 1 aromatic carbocycles. The maximum atomic E-state index is 12.4. The van der Waals surface area contributed by atoms with Crippen LogP contribution < -0.4 is 5.32 Å². The molecule has 0 spiro atoms. The number of carbonyl (C=O) groups excluding carboxylic acids is 1. The number of para-hydroxylation sites is 1. The number of fused-ring (bicyclic) bond motifs is 2. The van der Waals surface area contributed by atoms with Crippen LogP contribution in [0.3, 0.4) is 0 Å². The van der Waals surface area contributed by atoms with Crippen molar-refractivity contribution in [1.29, 1.82) is 0 Å². The summed E-state index contributed by atoms with van der Waals surface area (Å²) in [6.45, 7) is 0. The van der Waals surface area contributed by atoms with Crippen molar-refractivity contribution in [2.75, 3.05) is 5.32 Å². The number of amides is 1. The Bertz CT molecular complexity index is 643. The monoisotopic (exact) mass is 305 g/mol. The molecule has 4 atom stereocenters. The number of ether oxygens (including phenoxy) is 1. The number of benzene rings is 1. The average Bonchev–Trinajstić information content (AvgIpc) is 3.08. The summed E-state index contributed by atoms with van der Waals surface area (Å²) in [5.41, 5.74) is 0.124. The zero-order valence-corrected chi connectivity index (χ0v) is 11.6. The van der Waals surface area contributed by atoms with Gasteiger partial charge in [0.2, 0.25) is 5.91 Å². The Balaban J connectivity index is 1.83. The van der Waals surface area contributed by atoms with E-state index in [2.05, 4.69) is 5.32 Å². The van der Waals surface area contributed by atoms with Crippen LogP contribution in [0.2, 0.25) is 0 Å². The number of carboxylic acid groups (broad SMARTS) is 2. The molecule has 2 aliphatic rings. The molecule has 3 N–H and O–H groups in total. The summed E-state index contributed by atoms with van der Waals surface area (Å²) in [7, 11) is 0. The van der Waals surface area contributed by atoms with Crippen molar-refractivity contribution in [2.45, 2.75) is 25.0 Å². The van der Waals surface area contributed by atoms with Gasteiger partial charge in [-0.25, -0.2) is 4.79 Å². The van der Waals surface area contributed by atoms with E-state index in [1.54, 1.807) is 12.1 Å². The zero-order valence-electron chi connectivity index (χ0n) is 11.6. The molecule has 0 unspecified atom stereocenters. The second kappa shape index (κ2) is 5.42. The third-order valence-corrected chi connectivity index (χ3v) is 4.28. The lowest BCUT2D eigenvalue weighted by Crippen LogP contribution is -2.41. The highest BCUT2D eigenvalue weighted by atomic mass is 16.5. The first-order valence-corrected chi connectivity index (χ1v) is 7.00. The molecule has 3 rings (SSSR count). The predicted molar refractivity (Wildman–Crippen MR) is 74.5 cm³/mol. The summed E-state index contributed by atoms with van der Waals surface area (Å²) in [4.78, 5) is 35.0. The molecule has 0 radical (unpaired) electrons. The first-order valence-electron chi connectivity index (χ1n) is 7.00. The number of hydrogen-bond donors (Lipinski definition) is 3. The molecule has 7 heteroatoms. The van der Waals surface area contributed by atoms with Crippen molar-refractivity contribution in [2.24, 2.45) is 11.8 Å². The zero-order chi connectivity index (χ0) is 15.9. The molecule has 2 aliphatic heterocycles. The smallest absolute Gasteiger partial charge is 0.337 e. The van der Waals surface area contributed by atoms with Crippen molar-refractivity contribution in [3.8, 4) is 0 Å². The van der Waals surface area contributed by atoms with Gasteiger partial charge < -0.3 is 20.3 Å². The molecule has 1 amide bonds. The van der Waals surface area contributed by atoms with E-state index in [1.165, 1.54) is 12.1 Å². The van der Waals surface area contributed by atoms with E-state index in [4.69, 9.17) is 9.84 Å². The molecule has 1 aromatic rings. The molecular formula is C15H15NO6. The largest absolute Gasteiger partial charge is 0.481 e. The van der Waals surface area contributed by atoms with Crippen LogP contribution >= 0.6 is 0 Å². The van der Waals surface area contributed by atoms with Crippen LogP contribution in [0.15, 0.2) is 24.3 Å². The van der Waals surface area contributed by atoms with Gasteiger partial charge in [-0.2, -0.15) is 0 Å². The SMILES string of the molecule is O=C(O)c1ccccc1NC(=O)[C@@H]1[C@@H](C(=O)O)[C@H]2CC[C@@H]1O2. The quantitative estimate of drug-likeness (QED) is 0.770. The Labute approximate surface area is 125 Å². The molecular weight excluding hydrogens is 290 g/mol. The standard InChI is InChI=1S/C15H15NO6/c17-13(16-8-4-2-1-3-7(8)14(18)19)11-9-5-6-10(22-9)12(11)15(20)21/h1-4,9-12H,5-6H2,(H,16,17)(H,18,19)(H,20,21)/t9-,10+,11-,12-/m0/s1. The fraction of sp³-hybridized carbons (Fsp3) is 0.400. The minimum Gasteiger partial charge on any atom is -0.481 e. The number of anilines is 1.